The number of halogens is 1. The fourth-order valence-corrected chi connectivity index (χ4v) is 2.05. The average Bonchev–Trinajstić information content (AvgIpc) is 3.20. The fourth-order valence-electron chi connectivity index (χ4n) is 1.67. The molecule has 0 radical (unpaired) electrons. The molecule has 1 aromatic rings. The topological polar surface area (TPSA) is 70.6 Å². The molecule has 0 spiro atoms. The Morgan fingerprint density at radius 2 is 2.30 bits per heavy atom. The summed E-state index contributed by atoms with van der Waals surface area (Å²) < 4.78 is 6.39. The van der Waals surface area contributed by atoms with Gasteiger partial charge in [0.25, 0.3) is 0 Å². The van der Waals surface area contributed by atoms with E-state index in [-0.39, 0.29) is 19.1 Å². The molecular formula is C14H19BrN2O3. The molecule has 0 bridgehead atoms. The van der Waals surface area contributed by atoms with Crippen molar-refractivity contribution >= 4 is 21.8 Å². The molecule has 3 N–H and O–H groups in total. The van der Waals surface area contributed by atoms with E-state index in [2.05, 4.69) is 26.6 Å². The van der Waals surface area contributed by atoms with Crippen LogP contribution in [0.25, 0.3) is 0 Å². The highest BCUT2D eigenvalue weighted by Crippen LogP contribution is 2.18. The second kappa shape index (κ2) is 7.61. The Bertz CT molecular complexity index is 452. The van der Waals surface area contributed by atoms with Crippen molar-refractivity contribution in [3.63, 3.8) is 0 Å². The van der Waals surface area contributed by atoms with E-state index in [4.69, 9.17) is 4.74 Å². The van der Waals surface area contributed by atoms with Crippen LogP contribution in [-0.2, 0) is 4.79 Å². The lowest BCUT2D eigenvalue weighted by Gasteiger charge is -2.13. The molecule has 1 amide bonds. The smallest absolute Gasteiger partial charge is 0.234 e. The maximum absolute atomic E-state index is 11.4. The van der Waals surface area contributed by atoms with Gasteiger partial charge in [0.15, 0.2) is 0 Å². The van der Waals surface area contributed by atoms with Gasteiger partial charge in [0.1, 0.15) is 18.5 Å². The summed E-state index contributed by atoms with van der Waals surface area (Å²) in [5.74, 6) is 0.678. The molecule has 1 aromatic carbocycles. The van der Waals surface area contributed by atoms with Crippen molar-refractivity contribution in [2.45, 2.75) is 25.0 Å². The molecule has 2 rings (SSSR count). The molecular weight excluding hydrogens is 324 g/mol. The van der Waals surface area contributed by atoms with Gasteiger partial charge in [0.2, 0.25) is 5.91 Å². The zero-order valence-electron chi connectivity index (χ0n) is 11.1. The van der Waals surface area contributed by atoms with Crippen LogP contribution in [0.1, 0.15) is 12.8 Å². The van der Waals surface area contributed by atoms with Crippen LogP contribution in [0.15, 0.2) is 28.7 Å². The minimum absolute atomic E-state index is 0.0207. The standard InChI is InChI=1S/C14H19BrN2O3/c15-10-2-1-3-13(6-10)20-9-12(18)7-16-8-14(19)17-11-4-5-11/h1-3,6,11-12,16,18H,4-5,7-9H2,(H,17,19). The highest BCUT2D eigenvalue weighted by Gasteiger charge is 2.22. The Hall–Kier alpha value is -1.11. The SMILES string of the molecule is O=C(CNCC(O)COc1cccc(Br)c1)NC1CC1. The highest BCUT2D eigenvalue weighted by atomic mass is 79.9. The Kier molecular flexibility index (Phi) is 5.82. The van der Waals surface area contributed by atoms with Gasteiger partial charge in [0, 0.05) is 17.1 Å². The molecule has 1 aliphatic carbocycles. The Labute approximate surface area is 126 Å². The third kappa shape index (κ3) is 5.90. The maximum atomic E-state index is 11.4. The zero-order valence-corrected chi connectivity index (χ0v) is 12.7. The molecule has 0 aliphatic heterocycles. The molecule has 1 saturated carbocycles. The van der Waals surface area contributed by atoms with E-state index in [1.54, 1.807) is 0 Å². The molecule has 20 heavy (non-hydrogen) atoms. The van der Waals surface area contributed by atoms with Gasteiger partial charge in [-0.05, 0) is 31.0 Å². The molecule has 6 heteroatoms. The number of nitrogens with one attached hydrogen (secondary N) is 2. The summed E-state index contributed by atoms with van der Waals surface area (Å²) in [5, 5.41) is 15.5. The first-order valence-corrected chi connectivity index (χ1v) is 7.49. The minimum atomic E-state index is -0.650. The van der Waals surface area contributed by atoms with E-state index < -0.39 is 6.10 Å². The number of aliphatic hydroxyl groups excluding tert-OH is 1. The van der Waals surface area contributed by atoms with Crippen LogP contribution < -0.4 is 15.4 Å². The van der Waals surface area contributed by atoms with Gasteiger partial charge in [-0.15, -0.1) is 0 Å². The molecule has 1 aliphatic rings. The van der Waals surface area contributed by atoms with Gasteiger partial charge >= 0.3 is 0 Å². The lowest BCUT2D eigenvalue weighted by Crippen LogP contribution is -2.39. The summed E-state index contributed by atoms with van der Waals surface area (Å²) in [6.45, 7) is 0.740. The Balaban J connectivity index is 1.57. The first-order valence-electron chi connectivity index (χ1n) is 6.70. The summed E-state index contributed by atoms with van der Waals surface area (Å²) in [4.78, 5) is 11.4. The van der Waals surface area contributed by atoms with Crippen molar-refractivity contribution < 1.29 is 14.6 Å². The first-order chi connectivity index (χ1) is 9.63. The molecule has 0 heterocycles. The molecule has 1 fully saturated rings. The molecule has 110 valence electrons. The lowest BCUT2D eigenvalue weighted by molar-refractivity contribution is -0.120. The van der Waals surface area contributed by atoms with Crippen molar-refractivity contribution in [1.29, 1.82) is 0 Å². The summed E-state index contributed by atoms with van der Waals surface area (Å²) in [7, 11) is 0. The molecule has 0 aromatic heterocycles. The second-order valence-electron chi connectivity index (χ2n) is 4.89. The third-order valence-corrected chi connectivity index (χ3v) is 3.34. The normalized spacial score (nSPS) is 15.7. The maximum Gasteiger partial charge on any atom is 0.234 e. The van der Waals surface area contributed by atoms with E-state index in [9.17, 15) is 9.90 Å². The number of benzene rings is 1. The van der Waals surface area contributed by atoms with Crippen molar-refractivity contribution in [2.24, 2.45) is 0 Å². The summed E-state index contributed by atoms with van der Waals surface area (Å²) in [5.41, 5.74) is 0. The number of hydrogen-bond acceptors (Lipinski definition) is 4. The summed E-state index contributed by atoms with van der Waals surface area (Å²) in [6, 6.07) is 7.81. The van der Waals surface area contributed by atoms with Crippen LogP contribution in [0, 0.1) is 0 Å². The van der Waals surface area contributed by atoms with Crippen LogP contribution in [0.5, 0.6) is 5.75 Å². The van der Waals surface area contributed by atoms with Gasteiger partial charge < -0.3 is 20.5 Å². The monoisotopic (exact) mass is 342 g/mol. The average molecular weight is 343 g/mol. The molecule has 0 saturated heterocycles. The second-order valence-corrected chi connectivity index (χ2v) is 5.81. The number of aliphatic hydroxyl groups is 1. The van der Waals surface area contributed by atoms with E-state index in [1.165, 1.54) is 0 Å². The number of carbonyl (C=O) groups excluding carboxylic acids is 1. The van der Waals surface area contributed by atoms with Crippen molar-refractivity contribution in [2.75, 3.05) is 19.7 Å². The van der Waals surface area contributed by atoms with Crippen molar-refractivity contribution in [3.8, 4) is 5.75 Å². The van der Waals surface area contributed by atoms with Crippen LogP contribution in [0.2, 0.25) is 0 Å². The Morgan fingerprint density at radius 3 is 3.00 bits per heavy atom. The minimum Gasteiger partial charge on any atom is -0.491 e. The Morgan fingerprint density at radius 1 is 1.50 bits per heavy atom. The quantitative estimate of drug-likeness (QED) is 0.660. The number of ether oxygens (including phenoxy) is 1. The fraction of sp³-hybridized carbons (Fsp3) is 0.500. The molecule has 1 unspecified atom stereocenters. The van der Waals surface area contributed by atoms with E-state index in [1.807, 2.05) is 24.3 Å². The zero-order chi connectivity index (χ0) is 14.4. The van der Waals surface area contributed by atoms with Crippen LogP contribution in [-0.4, -0.2) is 42.9 Å². The van der Waals surface area contributed by atoms with E-state index in [0.29, 0.717) is 18.3 Å². The van der Waals surface area contributed by atoms with E-state index >= 15 is 0 Å². The van der Waals surface area contributed by atoms with Gasteiger partial charge in [-0.25, -0.2) is 0 Å². The summed E-state index contributed by atoms with van der Waals surface area (Å²) >= 11 is 3.35. The molecule has 5 nitrogen and oxygen atoms in total. The number of rotatable bonds is 8. The number of hydrogen-bond donors (Lipinski definition) is 3. The van der Waals surface area contributed by atoms with Crippen LogP contribution >= 0.6 is 15.9 Å². The lowest BCUT2D eigenvalue weighted by atomic mass is 10.3. The summed E-state index contributed by atoms with van der Waals surface area (Å²) in [6.07, 6.45) is 1.51. The first kappa shape index (κ1) is 15.3. The van der Waals surface area contributed by atoms with Crippen LogP contribution in [0.3, 0.4) is 0 Å². The van der Waals surface area contributed by atoms with Gasteiger partial charge in [-0.2, -0.15) is 0 Å². The molecule has 1 atom stereocenters. The van der Waals surface area contributed by atoms with Crippen LogP contribution in [0.4, 0.5) is 0 Å². The number of carbonyl (C=O) groups is 1. The van der Waals surface area contributed by atoms with Crippen molar-refractivity contribution in [1.82, 2.24) is 10.6 Å². The predicted octanol–water partition coefficient (Wildman–Crippen LogP) is 1.06. The van der Waals surface area contributed by atoms with Gasteiger partial charge in [0.05, 0.1) is 6.54 Å². The largest absolute Gasteiger partial charge is 0.491 e. The van der Waals surface area contributed by atoms with Gasteiger partial charge in [-0.3, -0.25) is 4.79 Å². The predicted molar refractivity (Wildman–Crippen MR) is 79.7 cm³/mol. The van der Waals surface area contributed by atoms with Crippen molar-refractivity contribution in [3.05, 3.63) is 28.7 Å². The highest BCUT2D eigenvalue weighted by molar-refractivity contribution is 9.10. The number of amides is 1. The van der Waals surface area contributed by atoms with E-state index in [0.717, 1.165) is 17.3 Å². The van der Waals surface area contributed by atoms with Gasteiger partial charge in [-0.1, -0.05) is 22.0 Å². The third-order valence-electron chi connectivity index (χ3n) is 2.85.